The van der Waals surface area contributed by atoms with Crippen LogP contribution in [0.5, 0.6) is 0 Å². The standard InChI is InChI=1S/C28H40F2/c1-2-3-4-5-6-20-7-9-24-18-26(13-11-22(24)15-20)27-14-12-23-16-21(17-28(29)30)8-10-25(23)19-27/h7,9,15,17,21,23,25-27H,2-6,8,10-14,16,18-19H2,1H3. The summed E-state index contributed by atoms with van der Waals surface area (Å²) >= 11 is 0. The minimum Gasteiger partial charge on any atom is -0.174 e. The molecule has 3 aliphatic rings. The molecular formula is C28H40F2. The van der Waals surface area contributed by atoms with E-state index in [1.165, 1.54) is 83.1 Å². The quantitative estimate of drug-likeness (QED) is 0.392. The van der Waals surface area contributed by atoms with Gasteiger partial charge in [0, 0.05) is 0 Å². The largest absolute Gasteiger partial charge is 0.266 e. The van der Waals surface area contributed by atoms with E-state index in [-0.39, 0.29) is 5.92 Å². The van der Waals surface area contributed by atoms with E-state index in [1.807, 2.05) is 0 Å². The Kier molecular flexibility index (Phi) is 7.65. The molecule has 0 spiro atoms. The number of allylic oxidation sites excluding steroid dienone is 1. The van der Waals surface area contributed by atoms with Crippen molar-refractivity contribution in [2.24, 2.45) is 29.6 Å². The fraction of sp³-hybridized carbons (Fsp3) is 0.714. The maximum Gasteiger partial charge on any atom is 0.266 e. The van der Waals surface area contributed by atoms with Gasteiger partial charge in [-0.3, -0.25) is 0 Å². The number of hydrogen-bond acceptors (Lipinski definition) is 0. The van der Waals surface area contributed by atoms with Crippen molar-refractivity contribution >= 4 is 0 Å². The van der Waals surface area contributed by atoms with Crippen molar-refractivity contribution in [1.29, 1.82) is 0 Å². The topological polar surface area (TPSA) is 0 Å². The molecule has 0 aromatic heterocycles. The van der Waals surface area contributed by atoms with Crippen LogP contribution in [0.3, 0.4) is 0 Å². The van der Waals surface area contributed by atoms with Crippen LogP contribution >= 0.6 is 0 Å². The second kappa shape index (κ2) is 10.4. The van der Waals surface area contributed by atoms with Gasteiger partial charge in [-0.1, -0.05) is 44.4 Å². The van der Waals surface area contributed by atoms with Gasteiger partial charge in [0.15, 0.2) is 0 Å². The zero-order valence-corrected chi connectivity index (χ0v) is 18.9. The lowest BCUT2D eigenvalue weighted by molar-refractivity contribution is 0.0803. The molecular weight excluding hydrogens is 374 g/mol. The molecule has 0 aliphatic heterocycles. The first-order chi connectivity index (χ1) is 14.6. The Labute approximate surface area is 182 Å². The molecule has 2 heteroatoms. The summed E-state index contributed by atoms with van der Waals surface area (Å²) in [6.45, 7) is 2.28. The first-order valence-corrected chi connectivity index (χ1v) is 12.8. The summed E-state index contributed by atoms with van der Waals surface area (Å²) in [5, 5.41) is 0. The zero-order chi connectivity index (χ0) is 20.9. The van der Waals surface area contributed by atoms with Crippen molar-refractivity contribution in [1.82, 2.24) is 0 Å². The Morgan fingerprint density at radius 2 is 1.63 bits per heavy atom. The second-order valence-corrected chi connectivity index (χ2v) is 10.5. The van der Waals surface area contributed by atoms with Gasteiger partial charge in [-0.25, -0.2) is 0 Å². The van der Waals surface area contributed by atoms with Crippen LogP contribution in [-0.2, 0) is 19.3 Å². The van der Waals surface area contributed by atoms with Gasteiger partial charge in [0.05, 0.1) is 0 Å². The molecule has 1 aromatic carbocycles. The maximum atomic E-state index is 12.6. The molecule has 2 fully saturated rings. The predicted octanol–water partition coefficient (Wildman–Crippen LogP) is 8.53. The maximum absolute atomic E-state index is 12.6. The van der Waals surface area contributed by atoms with Crippen molar-refractivity contribution in [3.05, 3.63) is 47.0 Å². The predicted molar refractivity (Wildman–Crippen MR) is 122 cm³/mol. The fourth-order valence-corrected chi connectivity index (χ4v) is 6.87. The zero-order valence-electron chi connectivity index (χ0n) is 18.9. The molecule has 0 N–H and O–H groups in total. The highest BCUT2D eigenvalue weighted by Crippen LogP contribution is 2.48. The monoisotopic (exact) mass is 414 g/mol. The highest BCUT2D eigenvalue weighted by Gasteiger charge is 2.38. The van der Waals surface area contributed by atoms with E-state index in [0.717, 1.165) is 30.6 Å². The molecule has 2 saturated carbocycles. The van der Waals surface area contributed by atoms with Crippen LogP contribution in [0.15, 0.2) is 30.4 Å². The van der Waals surface area contributed by atoms with Gasteiger partial charge in [0.25, 0.3) is 6.08 Å². The van der Waals surface area contributed by atoms with Crippen molar-refractivity contribution in [2.75, 3.05) is 0 Å². The molecule has 3 aliphatic carbocycles. The average molecular weight is 415 g/mol. The van der Waals surface area contributed by atoms with Gasteiger partial charge < -0.3 is 0 Å². The number of aryl methyl sites for hydroxylation is 2. The van der Waals surface area contributed by atoms with Crippen LogP contribution < -0.4 is 0 Å². The Hall–Kier alpha value is -1.18. The molecule has 0 bridgehead atoms. The molecule has 30 heavy (non-hydrogen) atoms. The SMILES string of the molecule is CCCCCCc1ccc2c(c1)CCC(C1CCC3CC(C=C(F)F)CCC3C1)C2. The molecule has 5 atom stereocenters. The van der Waals surface area contributed by atoms with Crippen molar-refractivity contribution < 1.29 is 8.78 Å². The number of hydrogen-bond donors (Lipinski definition) is 0. The molecule has 0 heterocycles. The number of rotatable bonds is 7. The summed E-state index contributed by atoms with van der Waals surface area (Å²) in [6, 6.07) is 7.33. The number of fused-ring (bicyclic) bond motifs is 2. The van der Waals surface area contributed by atoms with Crippen molar-refractivity contribution in [3.8, 4) is 0 Å². The normalized spacial score (nSPS) is 31.0. The van der Waals surface area contributed by atoms with Gasteiger partial charge >= 0.3 is 0 Å². The van der Waals surface area contributed by atoms with Crippen LogP contribution in [-0.4, -0.2) is 0 Å². The Morgan fingerprint density at radius 1 is 0.867 bits per heavy atom. The molecule has 1 aromatic rings. The lowest BCUT2D eigenvalue weighted by Crippen LogP contribution is -2.34. The van der Waals surface area contributed by atoms with Crippen molar-refractivity contribution in [2.45, 2.75) is 96.8 Å². The van der Waals surface area contributed by atoms with Gasteiger partial charge in [-0.2, -0.15) is 8.78 Å². The molecule has 0 saturated heterocycles. The number of benzene rings is 1. The third-order valence-electron chi connectivity index (χ3n) is 8.58. The van der Waals surface area contributed by atoms with Gasteiger partial charge in [0.2, 0.25) is 0 Å². The first kappa shape index (κ1) is 22.0. The second-order valence-electron chi connectivity index (χ2n) is 10.5. The number of unbranched alkanes of at least 4 members (excludes halogenated alkanes) is 3. The van der Waals surface area contributed by atoms with Gasteiger partial charge in [0.1, 0.15) is 0 Å². The summed E-state index contributed by atoms with van der Waals surface area (Å²) in [6.07, 6.45) is 17.3. The van der Waals surface area contributed by atoms with E-state index < -0.39 is 6.08 Å². The van der Waals surface area contributed by atoms with Crippen LogP contribution in [0, 0.1) is 29.6 Å². The summed E-state index contributed by atoms with van der Waals surface area (Å²) in [7, 11) is 0. The highest BCUT2D eigenvalue weighted by molar-refractivity contribution is 5.34. The van der Waals surface area contributed by atoms with E-state index in [0.29, 0.717) is 5.92 Å². The minimum atomic E-state index is -1.47. The molecule has 4 rings (SSSR count). The average Bonchev–Trinajstić information content (AvgIpc) is 2.75. The van der Waals surface area contributed by atoms with Crippen LogP contribution in [0.2, 0.25) is 0 Å². The van der Waals surface area contributed by atoms with E-state index in [2.05, 4.69) is 25.1 Å². The van der Waals surface area contributed by atoms with Gasteiger partial charge in [-0.05, 0) is 123 Å². The van der Waals surface area contributed by atoms with Crippen molar-refractivity contribution in [3.63, 3.8) is 0 Å². The third kappa shape index (κ3) is 5.54. The van der Waals surface area contributed by atoms with Crippen LogP contribution in [0.25, 0.3) is 0 Å². The van der Waals surface area contributed by atoms with E-state index >= 15 is 0 Å². The lowest BCUT2D eigenvalue weighted by Gasteiger charge is -2.44. The highest BCUT2D eigenvalue weighted by atomic mass is 19.3. The fourth-order valence-electron chi connectivity index (χ4n) is 6.87. The summed E-state index contributed by atoms with van der Waals surface area (Å²) in [4.78, 5) is 0. The van der Waals surface area contributed by atoms with Crippen LogP contribution in [0.4, 0.5) is 8.78 Å². The van der Waals surface area contributed by atoms with E-state index in [9.17, 15) is 8.78 Å². The van der Waals surface area contributed by atoms with Crippen LogP contribution in [0.1, 0.15) is 94.2 Å². The third-order valence-corrected chi connectivity index (χ3v) is 8.58. The number of halogens is 2. The Balaban J connectivity index is 1.30. The smallest absolute Gasteiger partial charge is 0.174 e. The van der Waals surface area contributed by atoms with E-state index in [4.69, 9.17) is 0 Å². The lowest BCUT2D eigenvalue weighted by atomic mass is 9.61. The minimum absolute atomic E-state index is 0.130. The van der Waals surface area contributed by atoms with Gasteiger partial charge in [-0.15, -0.1) is 0 Å². The first-order valence-electron chi connectivity index (χ1n) is 12.8. The summed E-state index contributed by atoms with van der Waals surface area (Å²) in [5.74, 6) is 3.32. The summed E-state index contributed by atoms with van der Waals surface area (Å²) in [5.41, 5.74) is 4.77. The molecule has 0 nitrogen and oxygen atoms in total. The molecule has 166 valence electrons. The Morgan fingerprint density at radius 3 is 2.43 bits per heavy atom. The molecule has 5 unspecified atom stereocenters. The van der Waals surface area contributed by atoms with E-state index in [1.54, 1.807) is 16.7 Å². The summed E-state index contributed by atoms with van der Waals surface area (Å²) < 4.78 is 25.3. The molecule has 0 radical (unpaired) electrons. The molecule has 0 amide bonds. The Bertz CT molecular complexity index is 717.